The van der Waals surface area contributed by atoms with E-state index in [9.17, 15) is 14.0 Å². The van der Waals surface area contributed by atoms with Crippen molar-refractivity contribution in [3.63, 3.8) is 0 Å². The number of amides is 2. The second-order valence-corrected chi connectivity index (χ2v) is 12.1. The lowest BCUT2D eigenvalue weighted by Gasteiger charge is -2.20. The van der Waals surface area contributed by atoms with Gasteiger partial charge in [0.15, 0.2) is 4.34 Å². The number of thioether (sulfide) groups is 1. The molecule has 0 spiro atoms. The fraction of sp³-hybridized carbons (Fsp3) is 0.241. The molecule has 0 aliphatic heterocycles. The van der Waals surface area contributed by atoms with E-state index in [2.05, 4.69) is 20.8 Å². The van der Waals surface area contributed by atoms with Crippen LogP contribution in [0.2, 0.25) is 5.02 Å². The molecular weight excluding hydrogens is 585 g/mol. The zero-order chi connectivity index (χ0) is 29.4. The molecule has 0 radical (unpaired) electrons. The second kappa shape index (κ2) is 14.5. The number of rotatable bonds is 12. The largest absolute Gasteiger partial charge is 0.457 e. The molecule has 2 amide bonds. The van der Waals surface area contributed by atoms with Gasteiger partial charge >= 0.3 is 0 Å². The molecule has 0 saturated heterocycles. The number of hydrogen-bond donors (Lipinski definition) is 3. The molecule has 214 valence electrons. The van der Waals surface area contributed by atoms with Crippen LogP contribution in [0.5, 0.6) is 11.5 Å². The maximum atomic E-state index is 13.9. The first-order chi connectivity index (χ1) is 19.7. The van der Waals surface area contributed by atoms with Crippen molar-refractivity contribution in [2.75, 3.05) is 6.54 Å². The number of aryl methyl sites for hydroxylation is 1. The molecule has 4 rings (SSSR count). The first-order valence-electron chi connectivity index (χ1n) is 12.8. The second-order valence-electron chi connectivity index (χ2n) is 9.09. The molecule has 0 aliphatic rings. The summed E-state index contributed by atoms with van der Waals surface area (Å²) in [5.74, 6) is -0.502. The molecule has 0 aliphatic carbocycles. The predicted octanol–water partition coefficient (Wildman–Crippen LogP) is 5.59. The normalized spacial score (nSPS) is 12.5. The minimum Gasteiger partial charge on any atom is -0.457 e. The number of halogens is 2. The third-order valence-corrected chi connectivity index (χ3v) is 8.42. The molecule has 41 heavy (non-hydrogen) atoms. The van der Waals surface area contributed by atoms with Crippen molar-refractivity contribution in [1.82, 2.24) is 20.8 Å². The lowest BCUT2D eigenvalue weighted by molar-refractivity contribution is -0.131. The van der Waals surface area contributed by atoms with Gasteiger partial charge in [-0.05, 0) is 61.7 Å². The van der Waals surface area contributed by atoms with Gasteiger partial charge in [0.2, 0.25) is 11.8 Å². The zero-order valence-corrected chi connectivity index (χ0v) is 24.8. The van der Waals surface area contributed by atoms with Crippen LogP contribution in [0.1, 0.15) is 33.9 Å². The Morgan fingerprint density at radius 2 is 1.90 bits per heavy atom. The van der Waals surface area contributed by atoms with Crippen molar-refractivity contribution < 1.29 is 18.7 Å². The molecule has 3 aromatic carbocycles. The minimum atomic E-state index is -0.915. The summed E-state index contributed by atoms with van der Waals surface area (Å²) in [5.41, 5.74) is 7.69. The van der Waals surface area contributed by atoms with Gasteiger partial charge in [-0.2, -0.15) is 0 Å². The number of carbonyl (C=O) groups is 2. The standard InChI is InChI=1S/C29H29ClFN5O3S2/c1-17(33-13-12-20-7-3-4-9-24(20)31)27(37)34-28(38)26(41-29-36-35-18(2)40-29)23-11-10-21(30)15-25(23)39-22-8-5-6-19(14-22)16-32/h3-11,14-15,17,26,33H,12-13,16,32H2,1-2H3,(H,34,37,38). The fourth-order valence-corrected chi connectivity index (χ4v) is 6.07. The van der Waals surface area contributed by atoms with Crippen molar-refractivity contribution in [2.45, 2.75) is 42.4 Å². The first kappa shape index (κ1) is 30.6. The summed E-state index contributed by atoms with van der Waals surface area (Å²) in [4.78, 5) is 26.6. The number of nitrogens with two attached hydrogens (primary N) is 1. The summed E-state index contributed by atoms with van der Waals surface area (Å²) >= 11 is 8.79. The highest BCUT2D eigenvalue weighted by Crippen LogP contribution is 2.42. The lowest BCUT2D eigenvalue weighted by Crippen LogP contribution is -2.46. The Morgan fingerprint density at radius 1 is 1.10 bits per heavy atom. The van der Waals surface area contributed by atoms with Crippen LogP contribution in [-0.4, -0.2) is 34.6 Å². The molecule has 0 bridgehead atoms. The third kappa shape index (κ3) is 8.57. The number of hydrogen-bond acceptors (Lipinski definition) is 9. The van der Waals surface area contributed by atoms with Gasteiger partial charge in [-0.3, -0.25) is 14.9 Å². The number of nitrogens with zero attached hydrogens (tertiary/aromatic N) is 2. The van der Waals surface area contributed by atoms with Crippen molar-refractivity contribution in [1.29, 1.82) is 0 Å². The Balaban J connectivity index is 1.53. The molecule has 1 aromatic heterocycles. The summed E-state index contributed by atoms with van der Waals surface area (Å²) in [6.07, 6.45) is 0.393. The highest BCUT2D eigenvalue weighted by molar-refractivity contribution is 8.01. The Bertz CT molecular complexity index is 1520. The monoisotopic (exact) mass is 613 g/mol. The van der Waals surface area contributed by atoms with Crippen LogP contribution in [-0.2, 0) is 22.6 Å². The van der Waals surface area contributed by atoms with Crippen LogP contribution in [0.25, 0.3) is 0 Å². The average Bonchev–Trinajstić information content (AvgIpc) is 3.37. The molecule has 8 nitrogen and oxygen atoms in total. The van der Waals surface area contributed by atoms with Gasteiger partial charge in [0.1, 0.15) is 27.6 Å². The average molecular weight is 614 g/mol. The number of ether oxygens (including phenoxy) is 1. The third-order valence-electron chi connectivity index (χ3n) is 6.03. The van der Waals surface area contributed by atoms with Gasteiger partial charge in [-0.15, -0.1) is 10.2 Å². The van der Waals surface area contributed by atoms with Crippen molar-refractivity contribution in [3.05, 3.63) is 99.3 Å². The molecule has 2 atom stereocenters. The van der Waals surface area contributed by atoms with Gasteiger partial charge in [-0.1, -0.05) is 71.1 Å². The molecule has 2 unspecified atom stereocenters. The SMILES string of the molecule is Cc1nnc(SC(C(=O)NC(=O)C(C)NCCc2ccccc2F)c2ccc(Cl)cc2Oc2cccc(CN)c2)s1. The van der Waals surface area contributed by atoms with Gasteiger partial charge < -0.3 is 15.8 Å². The highest BCUT2D eigenvalue weighted by atomic mass is 35.5. The van der Waals surface area contributed by atoms with E-state index < -0.39 is 23.1 Å². The fourth-order valence-electron chi connectivity index (χ4n) is 3.87. The summed E-state index contributed by atoms with van der Waals surface area (Å²) in [6.45, 7) is 4.15. The number of aromatic nitrogens is 2. The Labute approximate surface area is 250 Å². The maximum absolute atomic E-state index is 13.9. The lowest BCUT2D eigenvalue weighted by atomic mass is 10.1. The van der Waals surface area contributed by atoms with E-state index in [0.717, 1.165) is 22.3 Å². The minimum absolute atomic E-state index is 0.302. The highest BCUT2D eigenvalue weighted by Gasteiger charge is 2.30. The van der Waals surface area contributed by atoms with Gasteiger partial charge in [0.25, 0.3) is 0 Å². The van der Waals surface area contributed by atoms with E-state index in [0.29, 0.717) is 51.5 Å². The van der Waals surface area contributed by atoms with Crippen LogP contribution < -0.4 is 21.1 Å². The molecule has 4 N–H and O–H groups in total. The van der Waals surface area contributed by atoms with Crippen molar-refractivity contribution in [2.24, 2.45) is 5.73 Å². The smallest absolute Gasteiger partial charge is 0.244 e. The molecular formula is C29H29ClFN5O3S2. The van der Waals surface area contributed by atoms with Gasteiger partial charge in [-0.25, -0.2) is 4.39 Å². The van der Waals surface area contributed by atoms with Crippen LogP contribution >= 0.6 is 34.7 Å². The Morgan fingerprint density at radius 3 is 2.63 bits per heavy atom. The topological polar surface area (TPSA) is 119 Å². The molecule has 0 fully saturated rings. The predicted molar refractivity (Wildman–Crippen MR) is 160 cm³/mol. The molecule has 1 heterocycles. The van der Waals surface area contributed by atoms with E-state index in [4.69, 9.17) is 22.1 Å². The number of carbonyl (C=O) groups excluding carboxylic acids is 2. The van der Waals surface area contributed by atoms with Crippen LogP contribution in [0.4, 0.5) is 4.39 Å². The maximum Gasteiger partial charge on any atom is 0.244 e. The van der Waals surface area contributed by atoms with Gasteiger partial charge in [0.05, 0.1) is 6.04 Å². The quantitative estimate of drug-likeness (QED) is 0.177. The van der Waals surface area contributed by atoms with E-state index in [1.807, 2.05) is 19.1 Å². The summed E-state index contributed by atoms with van der Waals surface area (Å²) in [5, 5.41) is 14.0. The van der Waals surface area contributed by atoms with E-state index in [1.165, 1.54) is 17.4 Å². The van der Waals surface area contributed by atoms with Crippen molar-refractivity contribution in [3.8, 4) is 11.5 Å². The molecule has 12 heteroatoms. The Hall–Kier alpha value is -3.35. The number of imide groups is 1. The van der Waals surface area contributed by atoms with Gasteiger partial charge in [0, 0.05) is 23.7 Å². The van der Waals surface area contributed by atoms with Crippen molar-refractivity contribution >= 4 is 46.5 Å². The molecule has 0 saturated carbocycles. The van der Waals surface area contributed by atoms with E-state index >= 15 is 0 Å². The first-order valence-corrected chi connectivity index (χ1v) is 14.9. The summed E-state index contributed by atoms with van der Waals surface area (Å²) in [7, 11) is 0. The van der Waals surface area contributed by atoms with E-state index in [1.54, 1.807) is 55.5 Å². The summed E-state index contributed by atoms with van der Waals surface area (Å²) < 4.78 is 20.6. The van der Waals surface area contributed by atoms with Crippen LogP contribution in [0.3, 0.4) is 0 Å². The summed E-state index contributed by atoms with van der Waals surface area (Å²) in [6, 6.07) is 18.0. The van der Waals surface area contributed by atoms with E-state index in [-0.39, 0.29) is 5.82 Å². The molecule has 4 aromatic rings. The van der Waals surface area contributed by atoms with Crippen LogP contribution in [0.15, 0.2) is 71.1 Å². The number of nitrogens with one attached hydrogen (secondary N) is 2. The zero-order valence-electron chi connectivity index (χ0n) is 22.4. The Kier molecular flexibility index (Phi) is 10.8. The van der Waals surface area contributed by atoms with Crippen LogP contribution in [0, 0.1) is 12.7 Å². The number of benzene rings is 3.